The number of halogens is 2. The van der Waals surface area contributed by atoms with E-state index in [1.54, 1.807) is 30.3 Å². The number of ether oxygens (including phenoxy) is 2. The molecule has 2 aromatic heterocycles. The van der Waals surface area contributed by atoms with Crippen molar-refractivity contribution in [1.82, 2.24) is 4.57 Å². The Labute approximate surface area is 179 Å². The second-order valence-electron chi connectivity index (χ2n) is 7.20. The summed E-state index contributed by atoms with van der Waals surface area (Å²) in [4.78, 5) is 11.7. The third kappa shape index (κ3) is 5.31. The van der Waals surface area contributed by atoms with Gasteiger partial charge in [0.15, 0.2) is 12.4 Å². The number of pyridine rings is 1. The van der Waals surface area contributed by atoms with Gasteiger partial charge < -0.3 is 19.4 Å². The molecule has 0 spiro atoms. The van der Waals surface area contributed by atoms with Gasteiger partial charge in [0.2, 0.25) is 0 Å². The van der Waals surface area contributed by atoms with Crippen molar-refractivity contribution in [1.29, 1.82) is 0 Å². The maximum Gasteiger partial charge on any atom is 0.337 e. The Morgan fingerprint density at radius 2 is 2.03 bits per heavy atom. The molecule has 0 fully saturated rings. The van der Waals surface area contributed by atoms with Gasteiger partial charge in [0.05, 0.1) is 55.2 Å². The zero-order valence-electron chi connectivity index (χ0n) is 17.8. The molecule has 3 rings (SSSR count). The molecule has 0 saturated heterocycles. The minimum absolute atomic E-state index is 0.256. The van der Waals surface area contributed by atoms with E-state index >= 15 is 0 Å². The summed E-state index contributed by atoms with van der Waals surface area (Å²) in [5.74, 6) is 3.10. The largest absolute Gasteiger partial charge is 0.495 e. The van der Waals surface area contributed by atoms with Crippen molar-refractivity contribution in [3.8, 4) is 17.6 Å². The van der Waals surface area contributed by atoms with Crippen LogP contribution in [-0.4, -0.2) is 37.2 Å². The molecule has 0 aliphatic rings. The number of carbonyl (C=O) groups excluding carboxylic acids is 1. The fraction of sp³-hybridized carbons (Fsp3) is 0.304. The zero-order chi connectivity index (χ0) is 22.6. The number of hydrogen-bond donors (Lipinski definition) is 1. The lowest BCUT2D eigenvalue weighted by Crippen LogP contribution is -2.26. The normalized spacial score (nSPS) is 11.0. The topological polar surface area (TPSA) is 56.4 Å². The molecule has 1 aromatic carbocycles. The molecule has 3 aromatic rings. The van der Waals surface area contributed by atoms with Crippen LogP contribution in [0, 0.1) is 11.8 Å². The Bertz CT molecular complexity index is 1170. The Hall–Kier alpha value is -3.60. The molecule has 0 atom stereocenters. The molecule has 0 unspecified atom stereocenters. The fourth-order valence-electron chi connectivity index (χ4n) is 3.23. The number of esters is 1. The van der Waals surface area contributed by atoms with E-state index in [2.05, 4.69) is 17.2 Å². The average Bonchev–Trinajstić information content (AvgIpc) is 3.05. The average molecular weight is 428 g/mol. The number of aryl methyl sites for hydroxylation is 1. The van der Waals surface area contributed by atoms with E-state index < -0.39 is 18.4 Å². The first-order chi connectivity index (χ1) is 14.7. The van der Waals surface area contributed by atoms with Crippen LogP contribution in [0.5, 0.6) is 5.75 Å². The predicted molar refractivity (Wildman–Crippen MR) is 113 cm³/mol. The van der Waals surface area contributed by atoms with Crippen molar-refractivity contribution in [3.63, 3.8) is 0 Å². The van der Waals surface area contributed by atoms with Crippen LogP contribution >= 0.6 is 0 Å². The summed E-state index contributed by atoms with van der Waals surface area (Å²) in [5.41, 5.74) is 2.24. The van der Waals surface area contributed by atoms with Crippen LogP contribution in [0.3, 0.4) is 0 Å². The number of fused-ring (bicyclic) bond motifs is 1. The van der Waals surface area contributed by atoms with Gasteiger partial charge in [0.1, 0.15) is 12.8 Å². The molecule has 1 N–H and O–H groups in total. The van der Waals surface area contributed by atoms with E-state index in [1.807, 2.05) is 24.0 Å². The third-order valence-electron chi connectivity index (χ3n) is 4.62. The van der Waals surface area contributed by atoms with Crippen molar-refractivity contribution >= 4 is 22.6 Å². The zero-order valence-corrected chi connectivity index (χ0v) is 17.8. The Morgan fingerprint density at radius 3 is 2.71 bits per heavy atom. The molecule has 162 valence electrons. The van der Waals surface area contributed by atoms with Crippen LogP contribution in [0.25, 0.3) is 10.9 Å². The van der Waals surface area contributed by atoms with E-state index in [0.717, 1.165) is 12.3 Å². The van der Waals surface area contributed by atoms with Gasteiger partial charge >= 0.3 is 5.97 Å². The second-order valence-corrected chi connectivity index (χ2v) is 7.20. The van der Waals surface area contributed by atoms with Crippen LogP contribution in [-0.2, 0) is 18.3 Å². The molecule has 0 radical (unpaired) electrons. The van der Waals surface area contributed by atoms with Crippen LogP contribution in [0.4, 0.5) is 14.5 Å². The van der Waals surface area contributed by atoms with E-state index in [1.165, 1.54) is 18.8 Å². The third-order valence-corrected chi connectivity index (χ3v) is 4.62. The number of benzene rings is 1. The number of hydrogen-bond acceptors (Lipinski definition) is 4. The highest BCUT2D eigenvalue weighted by Crippen LogP contribution is 2.26. The van der Waals surface area contributed by atoms with Crippen LogP contribution < -0.4 is 14.6 Å². The first-order valence-corrected chi connectivity index (χ1v) is 9.57. The SMILES string of the molecule is COC(=O)c1ccc(NCC#Cc2cc3c[n+](C)ccc3n2CC(C)(F)F)c(OC)c1. The van der Waals surface area contributed by atoms with Gasteiger partial charge in [0.25, 0.3) is 5.92 Å². The van der Waals surface area contributed by atoms with Gasteiger partial charge in [-0.25, -0.2) is 18.1 Å². The molecule has 31 heavy (non-hydrogen) atoms. The first-order valence-electron chi connectivity index (χ1n) is 9.57. The number of aromatic nitrogens is 2. The van der Waals surface area contributed by atoms with Gasteiger partial charge in [-0.3, -0.25) is 0 Å². The van der Waals surface area contributed by atoms with E-state index in [-0.39, 0.29) is 6.54 Å². The summed E-state index contributed by atoms with van der Waals surface area (Å²) in [5, 5.41) is 3.96. The predicted octanol–water partition coefficient (Wildman–Crippen LogP) is 3.38. The van der Waals surface area contributed by atoms with Gasteiger partial charge in [0, 0.05) is 13.0 Å². The summed E-state index contributed by atoms with van der Waals surface area (Å²) in [7, 11) is 4.68. The number of anilines is 1. The quantitative estimate of drug-likeness (QED) is 0.372. The van der Waals surface area contributed by atoms with Crippen LogP contribution in [0.2, 0.25) is 0 Å². The lowest BCUT2D eigenvalue weighted by atomic mass is 10.2. The Balaban J connectivity index is 1.83. The number of alkyl halides is 2. The standard InChI is InChI=1S/C23H23F2N3O3/c1-23(24,25)15-28-18(12-17-14-27(2)11-9-20(17)28)6-5-10-26-19-8-7-16(22(29)31-4)13-21(19)30-3/h7-9,11-14H,10,15H2,1-4H3/p+1. The number of rotatable bonds is 6. The molecule has 0 bridgehead atoms. The number of nitrogens with one attached hydrogen (secondary N) is 1. The molecule has 2 heterocycles. The number of nitrogens with zero attached hydrogens (tertiary/aromatic N) is 2. The lowest BCUT2D eigenvalue weighted by Gasteiger charge is -2.13. The maximum atomic E-state index is 13.7. The molecule has 0 aliphatic heterocycles. The second kappa shape index (κ2) is 9.04. The Kier molecular flexibility index (Phi) is 6.44. The molecule has 8 heteroatoms. The molecular formula is C23H24F2N3O3+. The van der Waals surface area contributed by atoms with Crippen molar-refractivity contribution in [2.75, 3.05) is 26.1 Å². The van der Waals surface area contributed by atoms with Gasteiger partial charge in [-0.15, -0.1) is 0 Å². The van der Waals surface area contributed by atoms with E-state index in [0.29, 0.717) is 28.2 Å². The highest BCUT2D eigenvalue weighted by atomic mass is 19.3. The summed E-state index contributed by atoms with van der Waals surface area (Å²) in [6.45, 7) is 0.695. The maximum absolute atomic E-state index is 13.7. The van der Waals surface area contributed by atoms with Gasteiger partial charge in [-0.05, 0) is 30.2 Å². The van der Waals surface area contributed by atoms with Crippen molar-refractivity contribution in [3.05, 3.63) is 54.0 Å². The highest BCUT2D eigenvalue weighted by molar-refractivity contribution is 5.90. The first kappa shape index (κ1) is 22.1. The van der Waals surface area contributed by atoms with Crippen molar-refractivity contribution < 1.29 is 27.6 Å². The minimum atomic E-state index is -2.87. The summed E-state index contributed by atoms with van der Waals surface area (Å²) in [6, 6.07) is 8.49. The number of carbonyl (C=O) groups is 1. The fourth-order valence-corrected chi connectivity index (χ4v) is 3.23. The molecular weight excluding hydrogens is 404 g/mol. The minimum Gasteiger partial charge on any atom is -0.495 e. The summed E-state index contributed by atoms with van der Waals surface area (Å²) in [6.07, 6.45) is 3.69. The highest BCUT2D eigenvalue weighted by Gasteiger charge is 2.24. The van der Waals surface area contributed by atoms with Gasteiger partial charge in [-0.1, -0.05) is 5.92 Å². The van der Waals surface area contributed by atoms with Crippen LogP contribution in [0.15, 0.2) is 42.7 Å². The molecule has 0 amide bonds. The number of methoxy groups -OCH3 is 2. The van der Waals surface area contributed by atoms with Crippen LogP contribution in [0.1, 0.15) is 23.0 Å². The van der Waals surface area contributed by atoms with Crippen molar-refractivity contribution in [2.45, 2.75) is 19.4 Å². The van der Waals surface area contributed by atoms with Crippen molar-refractivity contribution in [2.24, 2.45) is 7.05 Å². The van der Waals surface area contributed by atoms with E-state index in [9.17, 15) is 13.6 Å². The Morgan fingerprint density at radius 1 is 1.26 bits per heavy atom. The van der Waals surface area contributed by atoms with E-state index in [4.69, 9.17) is 9.47 Å². The molecule has 6 nitrogen and oxygen atoms in total. The lowest BCUT2D eigenvalue weighted by molar-refractivity contribution is -0.670. The summed E-state index contributed by atoms with van der Waals surface area (Å²) >= 11 is 0. The smallest absolute Gasteiger partial charge is 0.337 e. The summed E-state index contributed by atoms with van der Waals surface area (Å²) < 4.78 is 40.9. The molecule has 0 saturated carbocycles. The molecule has 0 aliphatic carbocycles. The van der Waals surface area contributed by atoms with Gasteiger partial charge in [-0.2, -0.15) is 0 Å². The monoisotopic (exact) mass is 428 g/mol.